The molecule has 3 amide bonds. The third-order valence-electron chi connectivity index (χ3n) is 5.80. The molecule has 1 aromatic rings. The van der Waals surface area contributed by atoms with Gasteiger partial charge in [0.15, 0.2) is 0 Å². The van der Waals surface area contributed by atoms with Gasteiger partial charge in [0, 0.05) is 29.9 Å². The normalized spacial score (nSPS) is 19.8. The van der Waals surface area contributed by atoms with Gasteiger partial charge in [0.1, 0.15) is 6.04 Å². The van der Waals surface area contributed by atoms with Crippen molar-refractivity contribution in [3.05, 3.63) is 34.3 Å². The summed E-state index contributed by atoms with van der Waals surface area (Å²) >= 11 is 6.05. The van der Waals surface area contributed by atoms with Gasteiger partial charge in [-0.3, -0.25) is 14.4 Å². The fourth-order valence-electron chi connectivity index (χ4n) is 3.76. The van der Waals surface area contributed by atoms with Crippen molar-refractivity contribution in [3.63, 3.8) is 0 Å². The Morgan fingerprint density at radius 1 is 1.13 bits per heavy atom. The van der Waals surface area contributed by atoms with Crippen molar-refractivity contribution in [2.45, 2.75) is 78.4 Å². The predicted octanol–water partition coefficient (Wildman–Crippen LogP) is 3.49. The van der Waals surface area contributed by atoms with Crippen LogP contribution in [0.1, 0.15) is 64.0 Å². The third kappa shape index (κ3) is 7.01. The van der Waals surface area contributed by atoms with Crippen LogP contribution in [0, 0.1) is 18.8 Å². The zero-order valence-electron chi connectivity index (χ0n) is 18.4. The lowest BCUT2D eigenvalue weighted by atomic mass is 9.85. The molecular weight excluding hydrogens is 402 g/mol. The van der Waals surface area contributed by atoms with Gasteiger partial charge in [-0.15, -0.1) is 0 Å². The summed E-state index contributed by atoms with van der Waals surface area (Å²) in [7, 11) is 0. The van der Waals surface area contributed by atoms with Crippen LogP contribution >= 0.6 is 11.6 Å². The molecule has 166 valence electrons. The van der Waals surface area contributed by atoms with Crippen LogP contribution in [0.25, 0.3) is 0 Å². The highest BCUT2D eigenvalue weighted by Gasteiger charge is 2.30. The standard InChI is InChI=1S/C23H34ClN3O3/c1-5-20(28)27-21(14(2)3)23(30)26-19-10-7-16(8-11-19)22(29)25-13-17-12-18(24)9-6-15(17)4/h6,9,12,14,16,19,21H,5,7-8,10-11,13H2,1-4H3,(H,25,29)(H,26,30)(H,27,28)/t16-,19+,21-/m0/s1. The molecule has 1 atom stereocenters. The largest absolute Gasteiger partial charge is 0.352 e. The van der Waals surface area contributed by atoms with Crippen molar-refractivity contribution in [2.75, 3.05) is 0 Å². The van der Waals surface area contributed by atoms with E-state index >= 15 is 0 Å². The second kappa shape index (κ2) is 11.3. The summed E-state index contributed by atoms with van der Waals surface area (Å²) in [6.07, 6.45) is 3.34. The fourth-order valence-corrected chi connectivity index (χ4v) is 3.95. The zero-order chi connectivity index (χ0) is 22.3. The van der Waals surface area contributed by atoms with Crippen molar-refractivity contribution in [2.24, 2.45) is 11.8 Å². The minimum atomic E-state index is -0.528. The molecule has 0 aliphatic heterocycles. The number of hydrogen-bond acceptors (Lipinski definition) is 3. The third-order valence-corrected chi connectivity index (χ3v) is 6.03. The lowest BCUT2D eigenvalue weighted by Gasteiger charge is -2.30. The Bertz CT molecular complexity index is 758. The molecule has 2 rings (SSSR count). The predicted molar refractivity (Wildman–Crippen MR) is 119 cm³/mol. The Morgan fingerprint density at radius 3 is 2.40 bits per heavy atom. The second-order valence-electron chi connectivity index (χ2n) is 8.49. The molecule has 3 N–H and O–H groups in total. The molecule has 0 heterocycles. The summed E-state index contributed by atoms with van der Waals surface area (Å²) in [4.78, 5) is 36.9. The van der Waals surface area contributed by atoms with E-state index in [-0.39, 0.29) is 35.6 Å². The first kappa shape index (κ1) is 24.2. The molecule has 0 saturated heterocycles. The molecule has 0 aromatic heterocycles. The van der Waals surface area contributed by atoms with Crippen LogP contribution in [0.4, 0.5) is 0 Å². The van der Waals surface area contributed by atoms with E-state index in [4.69, 9.17) is 11.6 Å². The summed E-state index contributed by atoms with van der Waals surface area (Å²) in [5.41, 5.74) is 2.12. The van der Waals surface area contributed by atoms with Gasteiger partial charge >= 0.3 is 0 Å². The van der Waals surface area contributed by atoms with Crippen molar-refractivity contribution in [3.8, 4) is 0 Å². The minimum Gasteiger partial charge on any atom is -0.352 e. The Morgan fingerprint density at radius 2 is 1.80 bits per heavy atom. The van der Waals surface area contributed by atoms with Crippen molar-refractivity contribution >= 4 is 29.3 Å². The van der Waals surface area contributed by atoms with Gasteiger partial charge in [0.25, 0.3) is 0 Å². The number of halogens is 1. The number of amides is 3. The number of carbonyl (C=O) groups excluding carboxylic acids is 3. The quantitative estimate of drug-likeness (QED) is 0.584. The number of nitrogens with one attached hydrogen (secondary N) is 3. The molecule has 6 nitrogen and oxygen atoms in total. The maximum Gasteiger partial charge on any atom is 0.243 e. The number of carbonyl (C=O) groups is 3. The molecular formula is C23H34ClN3O3. The van der Waals surface area contributed by atoms with E-state index in [0.29, 0.717) is 18.0 Å². The van der Waals surface area contributed by atoms with Gasteiger partial charge in [0.2, 0.25) is 17.7 Å². The van der Waals surface area contributed by atoms with Crippen LogP contribution in [0.3, 0.4) is 0 Å². The summed E-state index contributed by atoms with van der Waals surface area (Å²) < 4.78 is 0. The van der Waals surface area contributed by atoms with Gasteiger partial charge < -0.3 is 16.0 Å². The first-order valence-electron chi connectivity index (χ1n) is 10.8. The van der Waals surface area contributed by atoms with Crippen LogP contribution in [-0.4, -0.2) is 29.8 Å². The van der Waals surface area contributed by atoms with Gasteiger partial charge in [-0.1, -0.05) is 38.4 Å². The summed E-state index contributed by atoms with van der Waals surface area (Å²) in [6.45, 7) is 8.07. The van der Waals surface area contributed by atoms with Crippen molar-refractivity contribution < 1.29 is 14.4 Å². The topological polar surface area (TPSA) is 87.3 Å². The monoisotopic (exact) mass is 435 g/mol. The Kier molecular flexibility index (Phi) is 9.15. The first-order chi connectivity index (χ1) is 14.2. The van der Waals surface area contributed by atoms with Crippen molar-refractivity contribution in [1.82, 2.24) is 16.0 Å². The molecule has 1 aromatic carbocycles. The van der Waals surface area contributed by atoms with Crippen LogP contribution in [0.2, 0.25) is 5.02 Å². The molecule has 1 saturated carbocycles. The summed E-state index contributed by atoms with van der Waals surface area (Å²) in [5.74, 6) is -0.249. The van der Waals surface area contributed by atoms with Crippen LogP contribution in [0.15, 0.2) is 18.2 Å². The zero-order valence-corrected chi connectivity index (χ0v) is 19.1. The summed E-state index contributed by atoms with van der Waals surface area (Å²) in [5, 5.41) is 9.54. The van der Waals surface area contributed by atoms with E-state index in [0.717, 1.165) is 36.8 Å². The Labute approximate surface area is 184 Å². The number of hydrogen-bond donors (Lipinski definition) is 3. The van der Waals surface area contributed by atoms with E-state index in [9.17, 15) is 14.4 Å². The maximum atomic E-state index is 12.6. The Hall–Kier alpha value is -2.08. The highest BCUT2D eigenvalue weighted by molar-refractivity contribution is 6.30. The summed E-state index contributed by atoms with van der Waals surface area (Å²) in [6, 6.07) is 5.18. The van der Waals surface area contributed by atoms with Gasteiger partial charge in [-0.25, -0.2) is 0 Å². The molecule has 0 unspecified atom stereocenters. The number of aryl methyl sites for hydroxylation is 1. The van der Waals surface area contributed by atoms with Crippen LogP contribution in [0.5, 0.6) is 0 Å². The van der Waals surface area contributed by atoms with E-state index < -0.39 is 6.04 Å². The number of rotatable bonds is 8. The first-order valence-corrected chi connectivity index (χ1v) is 11.2. The smallest absolute Gasteiger partial charge is 0.243 e. The van der Waals surface area contributed by atoms with Gasteiger partial charge in [0.05, 0.1) is 0 Å². The molecule has 7 heteroatoms. The molecule has 1 fully saturated rings. The lowest BCUT2D eigenvalue weighted by Crippen LogP contribution is -2.52. The highest BCUT2D eigenvalue weighted by Crippen LogP contribution is 2.25. The number of benzene rings is 1. The molecule has 0 bridgehead atoms. The molecule has 0 radical (unpaired) electrons. The van der Waals surface area contributed by atoms with Gasteiger partial charge in [-0.05, 0) is 61.8 Å². The minimum absolute atomic E-state index is 0.0116. The van der Waals surface area contributed by atoms with E-state index in [1.807, 2.05) is 39.0 Å². The fraction of sp³-hybridized carbons (Fsp3) is 0.609. The molecule has 1 aliphatic carbocycles. The van der Waals surface area contributed by atoms with E-state index in [1.165, 1.54) is 0 Å². The Balaban J connectivity index is 1.80. The second-order valence-corrected chi connectivity index (χ2v) is 8.92. The van der Waals surface area contributed by atoms with Crippen LogP contribution in [-0.2, 0) is 20.9 Å². The average molecular weight is 436 g/mol. The van der Waals surface area contributed by atoms with E-state index in [2.05, 4.69) is 16.0 Å². The van der Waals surface area contributed by atoms with Crippen molar-refractivity contribution in [1.29, 1.82) is 0 Å². The highest BCUT2D eigenvalue weighted by atomic mass is 35.5. The van der Waals surface area contributed by atoms with Crippen LogP contribution < -0.4 is 16.0 Å². The van der Waals surface area contributed by atoms with E-state index in [1.54, 1.807) is 6.92 Å². The maximum absolute atomic E-state index is 12.6. The SMILES string of the molecule is CCC(=O)N[C@H](C(=O)N[C@H]1CC[C@@H](C(=O)NCc2cc(Cl)ccc2C)CC1)C(C)C. The molecule has 1 aliphatic rings. The lowest BCUT2D eigenvalue weighted by molar-refractivity contribution is -0.130. The average Bonchev–Trinajstić information content (AvgIpc) is 2.72. The van der Waals surface area contributed by atoms with Gasteiger partial charge in [-0.2, -0.15) is 0 Å². The molecule has 30 heavy (non-hydrogen) atoms. The molecule has 0 spiro atoms.